The number of hydrogen-bond acceptors (Lipinski definition) is 5. The molecule has 2 aromatic heterocycles. The van der Waals surface area contributed by atoms with Crippen LogP contribution < -0.4 is 10.6 Å². The first-order valence-electron chi connectivity index (χ1n) is 8.78. The second-order valence-electron chi connectivity index (χ2n) is 6.28. The minimum Gasteiger partial charge on any atom is -0.352 e. The normalized spacial score (nSPS) is 16.2. The highest BCUT2D eigenvalue weighted by molar-refractivity contribution is 8.04. The number of carbonyl (C=O) groups is 1. The molecule has 4 heterocycles. The monoisotopic (exact) mass is 446 g/mol. The van der Waals surface area contributed by atoms with Crippen LogP contribution in [0.2, 0.25) is 0 Å². The maximum absolute atomic E-state index is 12.5. The lowest BCUT2D eigenvalue weighted by Crippen LogP contribution is -2.29. The van der Waals surface area contributed by atoms with Crippen LogP contribution in [-0.2, 0) is 4.79 Å². The first-order chi connectivity index (χ1) is 12.3. The van der Waals surface area contributed by atoms with E-state index in [1.54, 1.807) is 0 Å². The minimum atomic E-state index is 0. The van der Waals surface area contributed by atoms with Gasteiger partial charge in [0.1, 0.15) is 5.65 Å². The summed E-state index contributed by atoms with van der Waals surface area (Å²) in [5.74, 6) is 1.13. The number of nitrogens with one attached hydrogen (secondary N) is 2. The number of rotatable bonds is 6. The smallest absolute Gasteiger partial charge is 0.258 e. The van der Waals surface area contributed by atoms with Crippen molar-refractivity contribution in [3.8, 4) is 0 Å². The zero-order valence-electron chi connectivity index (χ0n) is 14.8. The highest BCUT2D eigenvalue weighted by atomic mass is 35.5. The van der Waals surface area contributed by atoms with E-state index in [4.69, 9.17) is 0 Å². The Balaban J connectivity index is 0.00000131. The van der Waals surface area contributed by atoms with Crippen LogP contribution in [-0.4, -0.2) is 45.9 Å². The molecule has 0 aliphatic carbocycles. The number of halogens is 2. The number of aromatic nitrogens is 2. The van der Waals surface area contributed by atoms with E-state index in [-0.39, 0.29) is 30.7 Å². The fourth-order valence-electron chi connectivity index (χ4n) is 3.17. The van der Waals surface area contributed by atoms with Crippen molar-refractivity contribution < 1.29 is 4.79 Å². The fourth-order valence-corrected chi connectivity index (χ4v) is 5.39. The van der Waals surface area contributed by atoms with Crippen molar-refractivity contribution in [1.82, 2.24) is 20.0 Å². The standard InChI is InChI=1S/C18H22N4OS2.2ClH/c23-18(20-7-2-10-24-14-5-8-19-9-6-14)15-11-13-12-21-16-3-1-4-17(25-15)22(13)16;;/h1,3-4,11-12,14,19H,2,5-10H2,(H,20,23);2*1H. The highest BCUT2D eigenvalue weighted by Crippen LogP contribution is 2.34. The van der Waals surface area contributed by atoms with Gasteiger partial charge in [0.05, 0.1) is 21.8 Å². The van der Waals surface area contributed by atoms with Gasteiger partial charge < -0.3 is 10.6 Å². The molecular weight excluding hydrogens is 423 g/mol. The van der Waals surface area contributed by atoms with Crippen LogP contribution in [0.3, 0.4) is 0 Å². The molecule has 0 aromatic carbocycles. The third-order valence-electron chi connectivity index (χ3n) is 4.48. The summed E-state index contributed by atoms with van der Waals surface area (Å²) in [6.45, 7) is 3.02. The Morgan fingerprint density at radius 1 is 1.33 bits per heavy atom. The van der Waals surface area contributed by atoms with Gasteiger partial charge in [-0.25, -0.2) is 4.98 Å². The molecule has 1 amide bonds. The first-order valence-corrected chi connectivity index (χ1v) is 10.6. The second kappa shape index (κ2) is 10.6. The van der Waals surface area contributed by atoms with Gasteiger partial charge in [0.25, 0.3) is 5.91 Å². The maximum Gasteiger partial charge on any atom is 0.258 e. The molecule has 2 aromatic rings. The molecule has 2 aliphatic heterocycles. The number of thioether (sulfide) groups is 2. The topological polar surface area (TPSA) is 58.4 Å². The Labute approximate surface area is 180 Å². The lowest BCUT2D eigenvalue weighted by atomic mass is 10.2. The van der Waals surface area contributed by atoms with Gasteiger partial charge in [-0.3, -0.25) is 9.20 Å². The molecule has 148 valence electrons. The van der Waals surface area contributed by atoms with Gasteiger partial charge in [-0.05, 0) is 56.3 Å². The molecule has 0 radical (unpaired) electrons. The maximum atomic E-state index is 12.5. The molecule has 2 aliphatic rings. The number of carbonyl (C=O) groups excluding carboxylic acids is 1. The van der Waals surface area contributed by atoms with Crippen molar-refractivity contribution in [2.45, 2.75) is 29.5 Å². The summed E-state index contributed by atoms with van der Waals surface area (Å²) >= 11 is 3.56. The number of pyridine rings is 1. The largest absolute Gasteiger partial charge is 0.352 e. The number of amides is 1. The Kier molecular flexibility index (Phi) is 8.82. The van der Waals surface area contributed by atoms with Gasteiger partial charge in [0, 0.05) is 11.8 Å². The van der Waals surface area contributed by atoms with Crippen LogP contribution in [0.4, 0.5) is 0 Å². The van der Waals surface area contributed by atoms with Crippen molar-refractivity contribution >= 4 is 66.0 Å². The fraction of sp³-hybridized carbons (Fsp3) is 0.444. The average Bonchev–Trinajstić information content (AvgIpc) is 3.07. The first kappa shape index (κ1) is 22.4. The Morgan fingerprint density at radius 3 is 2.96 bits per heavy atom. The summed E-state index contributed by atoms with van der Waals surface area (Å²) in [6, 6.07) is 5.98. The third-order valence-corrected chi connectivity index (χ3v) is 7.00. The molecule has 27 heavy (non-hydrogen) atoms. The molecule has 0 bridgehead atoms. The summed E-state index contributed by atoms with van der Waals surface area (Å²) in [5.41, 5.74) is 1.89. The van der Waals surface area contributed by atoms with E-state index >= 15 is 0 Å². The van der Waals surface area contributed by atoms with Crippen molar-refractivity contribution in [2.24, 2.45) is 0 Å². The Morgan fingerprint density at radius 2 is 2.15 bits per heavy atom. The highest BCUT2D eigenvalue weighted by Gasteiger charge is 2.19. The summed E-state index contributed by atoms with van der Waals surface area (Å²) < 4.78 is 2.08. The van der Waals surface area contributed by atoms with Gasteiger partial charge in [-0.15, -0.1) is 24.8 Å². The predicted molar refractivity (Wildman–Crippen MR) is 119 cm³/mol. The zero-order valence-corrected chi connectivity index (χ0v) is 18.1. The van der Waals surface area contributed by atoms with E-state index in [1.807, 2.05) is 30.5 Å². The van der Waals surface area contributed by atoms with Crippen LogP contribution >= 0.6 is 48.3 Å². The molecule has 1 fully saturated rings. The van der Waals surface area contributed by atoms with Gasteiger partial charge >= 0.3 is 0 Å². The van der Waals surface area contributed by atoms with Crippen LogP contribution in [0.1, 0.15) is 25.0 Å². The molecule has 0 spiro atoms. The number of hydrogen-bond donors (Lipinski definition) is 2. The molecule has 0 saturated carbocycles. The molecule has 9 heteroatoms. The van der Waals surface area contributed by atoms with Gasteiger partial charge in [0.2, 0.25) is 0 Å². The van der Waals surface area contributed by atoms with E-state index in [9.17, 15) is 4.79 Å². The van der Waals surface area contributed by atoms with Gasteiger partial charge in [-0.1, -0.05) is 17.8 Å². The number of imidazole rings is 1. The van der Waals surface area contributed by atoms with Gasteiger partial charge in [0.15, 0.2) is 0 Å². The van der Waals surface area contributed by atoms with Crippen molar-refractivity contribution in [3.63, 3.8) is 0 Å². The SMILES string of the molecule is Cl.Cl.O=C(NCCCSC1CCNCC1)C1=Cc2cnc3cccc(n23)S1. The quantitative estimate of drug-likeness (QED) is 0.663. The average molecular weight is 447 g/mol. The second-order valence-corrected chi connectivity index (χ2v) is 8.75. The van der Waals surface area contributed by atoms with E-state index in [0.717, 1.165) is 58.3 Å². The predicted octanol–water partition coefficient (Wildman–Crippen LogP) is 3.62. The molecular formula is C18H24Cl2N4OS2. The van der Waals surface area contributed by atoms with Crippen LogP contribution in [0.15, 0.2) is 34.3 Å². The molecule has 0 atom stereocenters. The summed E-state index contributed by atoms with van der Waals surface area (Å²) in [4.78, 5) is 17.6. The summed E-state index contributed by atoms with van der Waals surface area (Å²) in [7, 11) is 0. The molecule has 1 saturated heterocycles. The van der Waals surface area contributed by atoms with E-state index in [1.165, 1.54) is 24.6 Å². The Bertz CT molecular complexity index is 806. The summed E-state index contributed by atoms with van der Waals surface area (Å²) in [5, 5.41) is 8.28. The zero-order chi connectivity index (χ0) is 17.1. The lowest BCUT2D eigenvalue weighted by Gasteiger charge is -2.22. The van der Waals surface area contributed by atoms with Crippen molar-refractivity contribution in [3.05, 3.63) is 35.0 Å². The van der Waals surface area contributed by atoms with Gasteiger partial charge in [-0.2, -0.15) is 11.8 Å². The molecule has 5 nitrogen and oxygen atoms in total. The Hall–Kier alpha value is -0.860. The lowest BCUT2D eigenvalue weighted by molar-refractivity contribution is -0.116. The molecule has 0 unspecified atom stereocenters. The molecule has 4 rings (SSSR count). The third kappa shape index (κ3) is 5.35. The van der Waals surface area contributed by atoms with E-state index in [0.29, 0.717) is 0 Å². The number of nitrogens with zero attached hydrogens (tertiary/aromatic N) is 2. The summed E-state index contributed by atoms with van der Waals surface area (Å²) in [6.07, 6.45) is 7.30. The van der Waals surface area contributed by atoms with E-state index in [2.05, 4.69) is 31.8 Å². The van der Waals surface area contributed by atoms with Crippen LogP contribution in [0.25, 0.3) is 11.7 Å². The number of piperidine rings is 1. The van der Waals surface area contributed by atoms with Crippen molar-refractivity contribution in [2.75, 3.05) is 25.4 Å². The molecule has 2 N–H and O–H groups in total. The van der Waals surface area contributed by atoms with Crippen LogP contribution in [0, 0.1) is 0 Å². The van der Waals surface area contributed by atoms with Crippen LogP contribution in [0.5, 0.6) is 0 Å². The minimum absolute atomic E-state index is 0. The van der Waals surface area contributed by atoms with Crippen molar-refractivity contribution in [1.29, 1.82) is 0 Å². The van der Waals surface area contributed by atoms with E-state index < -0.39 is 0 Å².